The zero-order valence-electron chi connectivity index (χ0n) is 37.6. The average Bonchev–Trinajstić information content (AvgIpc) is 4.11. The molecule has 0 unspecified atom stereocenters. The number of hydrogen-bond acceptors (Lipinski definition) is 7. The van der Waals surface area contributed by atoms with Crippen molar-refractivity contribution in [2.24, 2.45) is 7.05 Å². The number of nitrogens with zero attached hydrogens (tertiary/aromatic N) is 9. The Labute approximate surface area is 409 Å². The zero-order valence-corrected chi connectivity index (χ0v) is 39.9. The Balaban J connectivity index is 0.00000480. The Hall–Kier alpha value is -7.61. The monoisotopic (exact) mass is 1060 g/mol. The van der Waals surface area contributed by atoms with Crippen LogP contribution < -0.4 is 4.57 Å². The predicted octanol–water partition coefficient (Wildman–Crippen LogP) is 9.32. The van der Waals surface area contributed by atoms with Gasteiger partial charge in [-0.25, -0.2) is 0 Å². The first-order chi connectivity index (χ1) is 32.8. The van der Waals surface area contributed by atoms with Gasteiger partial charge < -0.3 is 9.13 Å². The number of imidazole rings is 1. The molecular formula is C58H41N9Pt-2. The van der Waals surface area contributed by atoms with Gasteiger partial charge in [0.1, 0.15) is 5.54 Å². The van der Waals surface area contributed by atoms with E-state index in [1.54, 1.807) is 0 Å². The molecule has 0 amide bonds. The SMILES string of the molecule is C[n+]1[c-]n(C2(c3[c-]c(C4(c5[c-]c(C6(c7cc(C(C)(C)C)ccn7)c7cnccc7-c7ccncc76)ccc5)c5cnccc5-c5ccncc54)ccc3)c3cnccc3-c3ccncc32)cc1.[Pt]. The molecule has 68 heavy (non-hydrogen) atoms. The smallest absolute Gasteiger partial charge is 0.204 e. The topological polar surface area (TPSA) is 99.0 Å². The van der Waals surface area contributed by atoms with Gasteiger partial charge in [0, 0.05) is 118 Å². The Morgan fingerprint density at radius 1 is 0.485 bits per heavy atom. The van der Waals surface area contributed by atoms with Gasteiger partial charge in [0.15, 0.2) is 0 Å². The minimum Gasteiger partial charge on any atom is -0.354 e. The maximum Gasteiger partial charge on any atom is 0.204 e. The summed E-state index contributed by atoms with van der Waals surface area (Å²) in [7, 11) is 1.99. The number of pyridine rings is 7. The van der Waals surface area contributed by atoms with Crippen LogP contribution in [0.2, 0.25) is 0 Å². The summed E-state index contributed by atoms with van der Waals surface area (Å²) in [6.07, 6.45) is 32.8. The second kappa shape index (κ2) is 15.2. The maximum absolute atomic E-state index is 5.27. The van der Waals surface area contributed by atoms with Crippen LogP contribution in [0.3, 0.4) is 0 Å². The molecule has 9 nitrogen and oxygen atoms in total. The fraction of sp³-hybridized carbons (Fsp3) is 0.138. The molecule has 0 saturated heterocycles. The first kappa shape index (κ1) is 41.8. The zero-order chi connectivity index (χ0) is 45.1. The third-order valence-corrected chi connectivity index (χ3v) is 14.5. The fourth-order valence-corrected chi connectivity index (χ4v) is 11.6. The van der Waals surface area contributed by atoms with E-state index >= 15 is 0 Å². The van der Waals surface area contributed by atoms with Gasteiger partial charge in [0.25, 0.3) is 0 Å². The van der Waals surface area contributed by atoms with E-state index in [0.29, 0.717) is 0 Å². The van der Waals surface area contributed by atoms with E-state index in [1.165, 1.54) is 5.56 Å². The second-order valence-corrected chi connectivity index (χ2v) is 18.8. The van der Waals surface area contributed by atoms with Crippen molar-refractivity contribution >= 4 is 0 Å². The van der Waals surface area contributed by atoms with E-state index in [0.717, 1.165) is 94.7 Å². The minimum atomic E-state index is -0.990. The molecule has 8 heterocycles. The molecule has 330 valence electrons. The Kier molecular flexibility index (Phi) is 9.35. The van der Waals surface area contributed by atoms with E-state index in [1.807, 2.05) is 98.4 Å². The molecule has 3 aliphatic carbocycles. The van der Waals surface area contributed by atoms with Gasteiger partial charge in [-0.1, -0.05) is 20.8 Å². The summed E-state index contributed by atoms with van der Waals surface area (Å²) in [6.45, 7) is 6.72. The number of hydrogen-bond donors (Lipinski definition) is 0. The number of aryl methyl sites for hydroxylation is 1. The van der Waals surface area contributed by atoms with Crippen molar-refractivity contribution in [1.82, 2.24) is 39.5 Å². The molecule has 10 aromatic rings. The number of benzene rings is 2. The van der Waals surface area contributed by atoms with Crippen molar-refractivity contribution in [3.05, 3.63) is 263 Å². The molecule has 0 aliphatic heterocycles. The van der Waals surface area contributed by atoms with Crippen molar-refractivity contribution in [3.8, 4) is 33.4 Å². The van der Waals surface area contributed by atoms with Crippen LogP contribution in [0.4, 0.5) is 0 Å². The van der Waals surface area contributed by atoms with Crippen LogP contribution in [-0.4, -0.2) is 39.5 Å². The summed E-state index contributed by atoms with van der Waals surface area (Å²) in [5.41, 5.74) is 15.4. The van der Waals surface area contributed by atoms with Crippen LogP contribution in [0.25, 0.3) is 33.4 Å². The van der Waals surface area contributed by atoms with Gasteiger partial charge in [-0.15, -0.1) is 22.3 Å². The van der Waals surface area contributed by atoms with Gasteiger partial charge in [0.05, 0.1) is 18.2 Å². The van der Waals surface area contributed by atoms with Crippen molar-refractivity contribution < 1.29 is 25.6 Å². The molecule has 0 bridgehead atoms. The summed E-state index contributed by atoms with van der Waals surface area (Å²) in [6, 6.07) is 38.4. The van der Waals surface area contributed by atoms with E-state index in [2.05, 4.69) is 135 Å². The molecular weight excluding hydrogens is 1020 g/mol. The molecule has 0 saturated carbocycles. The molecule has 13 rings (SSSR count). The molecule has 2 aromatic carbocycles. The van der Waals surface area contributed by atoms with Gasteiger partial charge in [-0.05, 0) is 128 Å². The summed E-state index contributed by atoms with van der Waals surface area (Å²) in [5, 5.41) is 0. The molecule has 0 fully saturated rings. The maximum atomic E-state index is 5.27. The van der Waals surface area contributed by atoms with Gasteiger partial charge in [0.2, 0.25) is 6.33 Å². The number of fused-ring (bicyclic) bond motifs is 9. The van der Waals surface area contributed by atoms with E-state index in [9.17, 15) is 0 Å². The van der Waals surface area contributed by atoms with Crippen LogP contribution in [-0.2, 0) is 49.9 Å². The predicted molar refractivity (Wildman–Crippen MR) is 254 cm³/mol. The first-order valence-corrected chi connectivity index (χ1v) is 22.4. The standard InChI is InChI=1S/C58H41N9.Pt/c1-55(2,3)37-11-24-65-54(29-37)57(50-32-61-20-14-44(50)45-15-21-62-33-51(45)57)40-9-5-7-38(27-40)56(48-30-59-18-12-42(48)43-13-19-60-31-49(43)56)39-8-6-10-41(28-39)58(67-26-25-66(4)36-67)52-34-63-22-16-46(52)47-17-23-64-35-53(47)58;/h5-26,29-35H,1-4H3;/q-2;. The minimum absolute atomic E-state index is 0. The molecule has 0 spiro atoms. The Morgan fingerprint density at radius 3 is 1.32 bits per heavy atom. The van der Waals surface area contributed by atoms with Gasteiger partial charge in [-0.2, -0.15) is 48.5 Å². The number of rotatable bonds is 6. The van der Waals surface area contributed by atoms with E-state index in [-0.39, 0.29) is 26.5 Å². The van der Waals surface area contributed by atoms with Crippen LogP contribution in [0.15, 0.2) is 178 Å². The molecule has 0 N–H and O–H groups in total. The molecule has 0 atom stereocenters. The average molecular weight is 1060 g/mol. The second-order valence-electron chi connectivity index (χ2n) is 18.8. The van der Waals surface area contributed by atoms with E-state index < -0.39 is 16.4 Å². The summed E-state index contributed by atoms with van der Waals surface area (Å²) < 4.78 is 4.10. The van der Waals surface area contributed by atoms with Gasteiger partial charge in [-0.3, -0.25) is 34.9 Å². The van der Waals surface area contributed by atoms with Crippen molar-refractivity contribution in [3.63, 3.8) is 0 Å². The summed E-state index contributed by atoms with van der Waals surface area (Å²) >= 11 is 0. The quantitative estimate of drug-likeness (QED) is 0.121. The molecule has 3 aliphatic rings. The normalized spacial score (nSPS) is 15.0. The van der Waals surface area contributed by atoms with Gasteiger partial charge >= 0.3 is 0 Å². The third kappa shape index (κ3) is 5.48. The van der Waals surface area contributed by atoms with Crippen LogP contribution in [0.1, 0.15) is 87.7 Å². The Morgan fingerprint density at radius 2 is 0.882 bits per heavy atom. The first-order valence-electron chi connectivity index (χ1n) is 22.4. The van der Waals surface area contributed by atoms with Crippen molar-refractivity contribution in [2.45, 2.75) is 42.6 Å². The fourth-order valence-electron chi connectivity index (χ4n) is 11.6. The van der Waals surface area contributed by atoms with Crippen LogP contribution in [0, 0.1) is 18.5 Å². The number of aromatic nitrogens is 9. The molecule has 10 heteroatoms. The molecule has 8 aromatic heterocycles. The van der Waals surface area contributed by atoms with Crippen LogP contribution >= 0.6 is 0 Å². The Bertz CT molecular complexity index is 3510. The van der Waals surface area contributed by atoms with E-state index in [4.69, 9.17) is 34.9 Å². The van der Waals surface area contributed by atoms with Crippen molar-refractivity contribution in [2.75, 3.05) is 0 Å². The van der Waals surface area contributed by atoms with Crippen LogP contribution in [0.5, 0.6) is 0 Å². The summed E-state index contributed by atoms with van der Waals surface area (Å²) in [5.74, 6) is 0. The third-order valence-electron chi connectivity index (χ3n) is 14.5. The van der Waals surface area contributed by atoms with Crippen molar-refractivity contribution in [1.29, 1.82) is 0 Å². The molecule has 0 radical (unpaired) electrons. The summed E-state index contributed by atoms with van der Waals surface area (Å²) in [4.78, 5) is 34.0. The largest absolute Gasteiger partial charge is 0.354 e.